The Hall–Kier alpha value is -2.30. The number of hydrogen-bond acceptors (Lipinski definition) is 3. The molecule has 17 heavy (non-hydrogen) atoms. The van der Waals surface area contributed by atoms with Crippen LogP contribution in [0.1, 0.15) is 5.56 Å². The zero-order chi connectivity index (χ0) is 11.8. The molecule has 5 heteroatoms. The van der Waals surface area contributed by atoms with Crippen molar-refractivity contribution in [2.75, 3.05) is 0 Å². The molecule has 1 aromatic carbocycles. The van der Waals surface area contributed by atoms with Crippen LogP contribution in [0.3, 0.4) is 0 Å². The van der Waals surface area contributed by atoms with E-state index in [1.807, 2.05) is 13.0 Å². The fraction of sp³-hybridized carbons (Fsp3) is 0.0833. The van der Waals surface area contributed by atoms with Gasteiger partial charge in [0.05, 0.1) is 5.56 Å². The second kappa shape index (κ2) is 3.62. The van der Waals surface area contributed by atoms with E-state index < -0.39 is 0 Å². The predicted molar refractivity (Wildman–Crippen MR) is 60.9 cm³/mol. The molecule has 3 rings (SSSR count). The Morgan fingerprint density at radius 2 is 1.94 bits per heavy atom. The second-order valence-electron chi connectivity index (χ2n) is 3.75. The Labute approximate surface area is 96.7 Å². The van der Waals surface area contributed by atoms with Gasteiger partial charge in [-0.3, -0.25) is 0 Å². The molecule has 0 unspecified atom stereocenters. The molecule has 0 bridgehead atoms. The molecule has 0 saturated carbocycles. The van der Waals surface area contributed by atoms with Crippen molar-refractivity contribution in [2.24, 2.45) is 0 Å². The van der Waals surface area contributed by atoms with E-state index in [1.54, 1.807) is 28.9 Å². The highest BCUT2D eigenvalue weighted by molar-refractivity contribution is 5.60. The molecule has 0 aliphatic carbocycles. The van der Waals surface area contributed by atoms with Crippen molar-refractivity contribution >= 4 is 5.65 Å². The van der Waals surface area contributed by atoms with Gasteiger partial charge >= 0.3 is 0 Å². The van der Waals surface area contributed by atoms with Gasteiger partial charge in [0, 0.05) is 6.20 Å². The number of nitrogens with zero attached hydrogens (tertiary/aromatic N) is 4. The maximum atomic E-state index is 13.7. The number of aryl methyl sites for hydroxylation is 1. The largest absolute Gasteiger partial charge is 0.206 e. The third-order valence-electron chi connectivity index (χ3n) is 2.61. The van der Waals surface area contributed by atoms with Crippen LogP contribution in [0.5, 0.6) is 0 Å². The Kier molecular flexibility index (Phi) is 2.11. The van der Waals surface area contributed by atoms with Gasteiger partial charge < -0.3 is 0 Å². The number of halogens is 1. The topological polar surface area (TPSA) is 43.1 Å². The van der Waals surface area contributed by atoms with Crippen molar-refractivity contribution in [1.82, 2.24) is 19.8 Å². The lowest BCUT2D eigenvalue weighted by Gasteiger charge is -2.00. The van der Waals surface area contributed by atoms with Crippen LogP contribution in [0, 0.1) is 12.7 Å². The molecule has 0 amide bonds. The average molecular weight is 228 g/mol. The van der Waals surface area contributed by atoms with Gasteiger partial charge in [-0.1, -0.05) is 12.1 Å². The first-order valence-corrected chi connectivity index (χ1v) is 5.19. The van der Waals surface area contributed by atoms with Crippen LogP contribution in [0.2, 0.25) is 0 Å². The van der Waals surface area contributed by atoms with Crippen LogP contribution < -0.4 is 0 Å². The highest BCUT2D eigenvalue weighted by Crippen LogP contribution is 2.21. The summed E-state index contributed by atoms with van der Waals surface area (Å²) in [5.74, 6) is 0.0897. The molecule has 0 atom stereocenters. The number of aromatic nitrogens is 4. The number of benzene rings is 1. The van der Waals surface area contributed by atoms with Crippen molar-refractivity contribution in [2.45, 2.75) is 6.92 Å². The lowest BCUT2D eigenvalue weighted by Crippen LogP contribution is -1.96. The summed E-state index contributed by atoms with van der Waals surface area (Å²) in [5, 5.41) is 12.2. The first kappa shape index (κ1) is 9.89. The molecule has 0 fully saturated rings. The molecule has 0 radical (unpaired) electrons. The molecular formula is C12H9FN4. The monoisotopic (exact) mass is 228 g/mol. The molecule has 0 aliphatic heterocycles. The van der Waals surface area contributed by atoms with Gasteiger partial charge in [-0.15, -0.1) is 10.2 Å². The maximum Gasteiger partial charge on any atom is 0.188 e. The molecule has 2 aromatic heterocycles. The zero-order valence-corrected chi connectivity index (χ0v) is 9.13. The fourth-order valence-corrected chi connectivity index (χ4v) is 1.73. The maximum absolute atomic E-state index is 13.7. The van der Waals surface area contributed by atoms with E-state index in [9.17, 15) is 4.39 Å². The van der Waals surface area contributed by atoms with Gasteiger partial charge in [-0.05, 0) is 30.7 Å². The van der Waals surface area contributed by atoms with E-state index in [1.165, 1.54) is 6.07 Å². The summed E-state index contributed by atoms with van der Waals surface area (Å²) in [6.45, 7) is 1.91. The van der Waals surface area contributed by atoms with E-state index in [0.29, 0.717) is 17.0 Å². The van der Waals surface area contributed by atoms with Crippen LogP contribution >= 0.6 is 0 Å². The van der Waals surface area contributed by atoms with Gasteiger partial charge in [-0.2, -0.15) is 9.61 Å². The molecule has 4 nitrogen and oxygen atoms in total. The van der Waals surface area contributed by atoms with E-state index in [2.05, 4.69) is 15.3 Å². The molecule has 0 spiro atoms. The number of hydrogen-bond donors (Lipinski definition) is 0. The SMILES string of the molecule is Cc1ccnn2c(-c3ccccc3F)nnc12. The average Bonchev–Trinajstić information content (AvgIpc) is 2.75. The van der Waals surface area contributed by atoms with Crippen LogP contribution in [0.25, 0.3) is 17.0 Å². The Balaban J connectivity index is 2.33. The lowest BCUT2D eigenvalue weighted by atomic mass is 10.2. The van der Waals surface area contributed by atoms with Crippen LogP contribution in [-0.4, -0.2) is 19.8 Å². The van der Waals surface area contributed by atoms with Crippen molar-refractivity contribution in [3.8, 4) is 11.4 Å². The van der Waals surface area contributed by atoms with Crippen molar-refractivity contribution < 1.29 is 4.39 Å². The highest BCUT2D eigenvalue weighted by Gasteiger charge is 2.13. The van der Waals surface area contributed by atoms with Crippen LogP contribution in [-0.2, 0) is 0 Å². The van der Waals surface area contributed by atoms with Crippen molar-refractivity contribution in [3.05, 3.63) is 47.9 Å². The lowest BCUT2D eigenvalue weighted by molar-refractivity contribution is 0.629. The molecular weight excluding hydrogens is 219 g/mol. The first-order chi connectivity index (χ1) is 8.27. The minimum atomic E-state index is -0.329. The summed E-state index contributed by atoms with van der Waals surface area (Å²) in [7, 11) is 0. The normalized spacial score (nSPS) is 10.9. The Morgan fingerprint density at radius 3 is 2.76 bits per heavy atom. The minimum Gasteiger partial charge on any atom is -0.206 e. The van der Waals surface area contributed by atoms with E-state index in [4.69, 9.17) is 0 Å². The third kappa shape index (κ3) is 1.47. The fourth-order valence-electron chi connectivity index (χ4n) is 1.73. The molecule has 0 aliphatic rings. The van der Waals surface area contributed by atoms with Gasteiger partial charge in [0.1, 0.15) is 5.82 Å². The standard InChI is InChI=1S/C12H9FN4/c1-8-6-7-14-17-11(8)15-16-12(17)9-4-2-3-5-10(9)13/h2-7H,1H3. The summed E-state index contributed by atoms with van der Waals surface area (Å²) in [6, 6.07) is 8.30. The van der Waals surface area contributed by atoms with Crippen LogP contribution in [0.4, 0.5) is 4.39 Å². The van der Waals surface area contributed by atoms with E-state index in [0.717, 1.165) is 5.56 Å². The molecule has 0 saturated heterocycles. The summed E-state index contributed by atoms with van der Waals surface area (Å²) >= 11 is 0. The smallest absolute Gasteiger partial charge is 0.188 e. The van der Waals surface area contributed by atoms with Crippen molar-refractivity contribution in [3.63, 3.8) is 0 Å². The first-order valence-electron chi connectivity index (χ1n) is 5.19. The van der Waals surface area contributed by atoms with Gasteiger partial charge in [0.25, 0.3) is 0 Å². The number of rotatable bonds is 1. The summed E-state index contributed by atoms with van der Waals surface area (Å²) in [5.41, 5.74) is 2.00. The highest BCUT2D eigenvalue weighted by atomic mass is 19.1. The summed E-state index contributed by atoms with van der Waals surface area (Å²) < 4.78 is 15.2. The Morgan fingerprint density at radius 1 is 1.12 bits per heavy atom. The molecule has 2 heterocycles. The van der Waals surface area contributed by atoms with Crippen LogP contribution in [0.15, 0.2) is 36.5 Å². The van der Waals surface area contributed by atoms with Gasteiger partial charge in [-0.25, -0.2) is 4.39 Å². The number of fused-ring (bicyclic) bond motifs is 1. The zero-order valence-electron chi connectivity index (χ0n) is 9.13. The van der Waals surface area contributed by atoms with E-state index in [-0.39, 0.29) is 5.82 Å². The quantitative estimate of drug-likeness (QED) is 0.641. The minimum absolute atomic E-state index is 0.329. The van der Waals surface area contributed by atoms with Gasteiger partial charge in [0.2, 0.25) is 0 Å². The Bertz CT molecular complexity index is 690. The molecule has 84 valence electrons. The predicted octanol–water partition coefficient (Wildman–Crippen LogP) is 2.24. The van der Waals surface area contributed by atoms with Crippen molar-refractivity contribution in [1.29, 1.82) is 0 Å². The molecule has 3 aromatic rings. The summed E-state index contributed by atoms with van der Waals surface area (Å²) in [6.07, 6.45) is 1.65. The third-order valence-corrected chi connectivity index (χ3v) is 2.61. The second-order valence-corrected chi connectivity index (χ2v) is 3.75. The van der Waals surface area contributed by atoms with E-state index >= 15 is 0 Å². The molecule has 0 N–H and O–H groups in total. The summed E-state index contributed by atoms with van der Waals surface area (Å²) in [4.78, 5) is 0. The van der Waals surface area contributed by atoms with Gasteiger partial charge in [0.15, 0.2) is 11.5 Å².